The summed E-state index contributed by atoms with van der Waals surface area (Å²) in [5.74, 6) is -0.470. The molecule has 31 heavy (non-hydrogen) atoms. The lowest BCUT2D eigenvalue weighted by molar-refractivity contribution is -0.150. The van der Waals surface area contributed by atoms with Crippen molar-refractivity contribution in [2.45, 2.75) is 31.8 Å². The zero-order valence-electron chi connectivity index (χ0n) is 16.7. The maximum absolute atomic E-state index is 13.8. The fourth-order valence-electron chi connectivity index (χ4n) is 3.40. The highest BCUT2D eigenvalue weighted by atomic mass is 19.1. The molecular weight excluding hydrogens is 403 g/mol. The molecule has 0 radical (unpaired) electrons. The summed E-state index contributed by atoms with van der Waals surface area (Å²) in [4.78, 5) is 34.5. The monoisotopic (exact) mass is 424 g/mol. The molecule has 9 heteroatoms. The summed E-state index contributed by atoms with van der Waals surface area (Å²) in [6.45, 7) is 0.812. The van der Waals surface area contributed by atoms with Gasteiger partial charge >= 0.3 is 5.97 Å². The number of hydrogen-bond donors (Lipinski definition) is 0. The second kappa shape index (κ2) is 9.46. The number of halogens is 1. The standard InChI is InChI=1S/C22H21FN4O4/c23-18-6-2-1-5-17(18)22(29)27-12-9-16(10-13-27)30-20(28)8-7-19-25-21(26-31-19)15-4-3-11-24-14-15/h1-6,11,14,16H,7-10,12-13H2. The van der Waals surface area contributed by atoms with Crippen LogP contribution in [0.2, 0.25) is 0 Å². The lowest BCUT2D eigenvalue weighted by Crippen LogP contribution is -2.41. The number of ether oxygens (including phenoxy) is 1. The molecule has 8 nitrogen and oxygen atoms in total. The number of pyridine rings is 1. The van der Waals surface area contributed by atoms with E-state index in [4.69, 9.17) is 9.26 Å². The van der Waals surface area contributed by atoms with Crippen molar-refractivity contribution in [3.05, 3.63) is 66.1 Å². The minimum atomic E-state index is -0.534. The van der Waals surface area contributed by atoms with Crippen LogP contribution in [0.4, 0.5) is 4.39 Å². The highest BCUT2D eigenvalue weighted by Crippen LogP contribution is 2.19. The number of carbonyl (C=O) groups excluding carboxylic acids is 2. The molecule has 1 aromatic carbocycles. The van der Waals surface area contributed by atoms with Gasteiger partial charge in [0.05, 0.1) is 12.0 Å². The van der Waals surface area contributed by atoms with Crippen LogP contribution in [0.15, 0.2) is 53.3 Å². The van der Waals surface area contributed by atoms with E-state index in [1.54, 1.807) is 35.5 Å². The molecule has 2 aromatic heterocycles. The first-order valence-corrected chi connectivity index (χ1v) is 10.1. The van der Waals surface area contributed by atoms with Crippen LogP contribution in [0.3, 0.4) is 0 Å². The Labute approximate surface area is 178 Å². The minimum Gasteiger partial charge on any atom is -0.462 e. The van der Waals surface area contributed by atoms with Crippen LogP contribution in [0.1, 0.15) is 35.5 Å². The van der Waals surface area contributed by atoms with Gasteiger partial charge in [-0.25, -0.2) is 4.39 Å². The van der Waals surface area contributed by atoms with Gasteiger partial charge in [-0.15, -0.1) is 0 Å². The van der Waals surface area contributed by atoms with Crippen LogP contribution < -0.4 is 0 Å². The number of benzene rings is 1. The van der Waals surface area contributed by atoms with Gasteiger partial charge in [0.2, 0.25) is 11.7 Å². The van der Waals surface area contributed by atoms with E-state index in [1.807, 2.05) is 6.07 Å². The molecule has 1 aliphatic rings. The molecule has 160 valence electrons. The fourth-order valence-corrected chi connectivity index (χ4v) is 3.40. The molecule has 0 saturated carbocycles. The van der Waals surface area contributed by atoms with E-state index in [9.17, 15) is 14.0 Å². The second-order valence-corrected chi connectivity index (χ2v) is 7.21. The first-order chi connectivity index (χ1) is 15.1. The smallest absolute Gasteiger partial charge is 0.306 e. The fraction of sp³-hybridized carbons (Fsp3) is 0.318. The largest absolute Gasteiger partial charge is 0.462 e. The van der Waals surface area contributed by atoms with Crippen LogP contribution in [0.5, 0.6) is 0 Å². The average molecular weight is 424 g/mol. The van der Waals surface area contributed by atoms with E-state index in [-0.39, 0.29) is 36.4 Å². The minimum absolute atomic E-state index is 0.0585. The van der Waals surface area contributed by atoms with Crippen LogP contribution >= 0.6 is 0 Å². The lowest BCUT2D eigenvalue weighted by atomic mass is 10.1. The molecule has 1 amide bonds. The highest BCUT2D eigenvalue weighted by Gasteiger charge is 2.27. The Morgan fingerprint density at radius 3 is 2.71 bits per heavy atom. The molecule has 1 aliphatic heterocycles. The maximum Gasteiger partial charge on any atom is 0.306 e. The maximum atomic E-state index is 13.8. The molecule has 3 heterocycles. The third-order valence-electron chi connectivity index (χ3n) is 5.06. The van der Waals surface area contributed by atoms with Crippen molar-refractivity contribution in [2.24, 2.45) is 0 Å². The molecule has 1 fully saturated rings. The summed E-state index contributed by atoms with van der Waals surface area (Å²) in [7, 11) is 0. The summed E-state index contributed by atoms with van der Waals surface area (Å²) in [5.41, 5.74) is 0.792. The Hall–Kier alpha value is -3.62. The highest BCUT2D eigenvalue weighted by molar-refractivity contribution is 5.94. The van der Waals surface area contributed by atoms with Gasteiger partial charge in [0.15, 0.2) is 0 Å². The molecular formula is C22H21FN4O4. The van der Waals surface area contributed by atoms with Gasteiger partial charge in [-0.05, 0) is 24.3 Å². The van der Waals surface area contributed by atoms with Crippen molar-refractivity contribution in [2.75, 3.05) is 13.1 Å². The van der Waals surface area contributed by atoms with Gasteiger partial charge in [-0.2, -0.15) is 4.98 Å². The third kappa shape index (κ3) is 5.11. The van der Waals surface area contributed by atoms with Gasteiger partial charge in [0.25, 0.3) is 5.91 Å². The quantitative estimate of drug-likeness (QED) is 0.561. The number of hydrogen-bond acceptors (Lipinski definition) is 7. The number of aryl methyl sites for hydroxylation is 1. The molecule has 0 N–H and O–H groups in total. The molecule has 0 aliphatic carbocycles. The number of esters is 1. The molecule has 0 spiro atoms. The summed E-state index contributed by atoms with van der Waals surface area (Å²) < 4.78 is 24.5. The van der Waals surface area contributed by atoms with E-state index in [0.717, 1.165) is 5.56 Å². The molecule has 0 bridgehead atoms. The van der Waals surface area contributed by atoms with Crippen molar-refractivity contribution < 1.29 is 23.2 Å². The van der Waals surface area contributed by atoms with Gasteiger partial charge in [0.1, 0.15) is 11.9 Å². The van der Waals surface area contributed by atoms with Crippen LogP contribution in [-0.2, 0) is 16.0 Å². The topological polar surface area (TPSA) is 98.4 Å². The summed E-state index contributed by atoms with van der Waals surface area (Å²) in [6, 6.07) is 9.52. The number of amides is 1. The normalized spacial score (nSPS) is 14.4. The van der Waals surface area contributed by atoms with Crippen molar-refractivity contribution in [3.63, 3.8) is 0 Å². The Kier molecular flexibility index (Phi) is 6.30. The summed E-state index contributed by atoms with van der Waals surface area (Å²) in [6.07, 6.45) is 4.42. The zero-order chi connectivity index (χ0) is 21.6. The van der Waals surface area contributed by atoms with E-state index in [2.05, 4.69) is 15.1 Å². The Balaban J connectivity index is 1.22. The van der Waals surface area contributed by atoms with Crippen molar-refractivity contribution in [1.29, 1.82) is 0 Å². The van der Waals surface area contributed by atoms with Crippen molar-refractivity contribution in [1.82, 2.24) is 20.0 Å². The number of nitrogens with zero attached hydrogens (tertiary/aromatic N) is 4. The molecule has 1 saturated heterocycles. The molecule has 0 unspecified atom stereocenters. The van der Waals surface area contributed by atoms with Crippen molar-refractivity contribution in [3.8, 4) is 11.4 Å². The van der Waals surface area contributed by atoms with E-state index < -0.39 is 5.82 Å². The van der Waals surface area contributed by atoms with E-state index >= 15 is 0 Å². The molecule has 3 aromatic rings. The van der Waals surface area contributed by atoms with Crippen LogP contribution in [0, 0.1) is 5.82 Å². The number of aromatic nitrogens is 3. The first kappa shape index (κ1) is 20.6. The van der Waals surface area contributed by atoms with Gasteiger partial charge in [-0.3, -0.25) is 14.6 Å². The SMILES string of the molecule is O=C(CCc1nc(-c2cccnc2)no1)OC1CCN(C(=O)c2ccccc2F)CC1. The van der Waals surface area contributed by atoms with Crippen LogP contribution in [0.25, 0.3) is 11.4 Å². The third-order valence-corrected chi connectivity index (χ3v) is 5.06. The van der Waals surface area contributed by atoms with Crippen LogP contribution in [-0.4, -0.2) is 51.1 Å². The Morgan fingerprint density at radius 1 is 1.16 bits per heavy atom. The predicted molar refractivity (Wildman–Crippen MR) is 107 cm³/mol. The lowest BCUT2D eigenvalue weighted by Gasteiger charge is -2.31. The van der Waals surface area contributed by atoms with E-state index in [0.29, 0.717) is 37.6 Å². The Bertz CT molecular complexity index is 1050. The molecule has 0 atom stereocenters. The van der Waals surface area contributed by atoms with Crippen molar-refractivity contribution >= 4 is 11.9 Å². The zero-order valence-corrected chi connectivity index (χ0v) is 16.7. The van der Waals surface area contributed by atoms with E-state index in [1.165, 1.54) is 12.1 Å². The van der Waals surface area contributed by atoms with Gasteiger partial charge in [-0.1, -0.05) is 17.3 Å². The number of piperidine rings is 1. The summed E-state index contributed by atoms with van der Waals surface area (Å²) >= 11 is 0. The average Bonchev–Trinajstić information content (AvgIpc) is 3.28. The summed E-state index contributed by atoms with van der Waals surface area (Å²) in [5, 5.41) is 3.89. The number of likely N-dealkylation sites (tertiary alicyclic amines) is 1. The van der Waals surface area contributed by atoms with Gasteiger partial charge in [0, 0.05) is 50.3 Å². The Morgan fingerprint density at radius 2 is 1.97 bits per heavy atom. The molecule has 4 rings (SSSR count). The predicted octanol–water partition coefficient (Wildman–Crippen LogP) is 3.05. The first-order valence-electron chi connectivity index (χ1n) is 10.1. The second-order valence-electron chi connectivity index (χ2n) is 7.21. The number of rotatable bonds is 6. The van der Waals surface area contributed by atoms with Gasteiger partial charge < -0.3 is 14.2 Å². The number of carbonyl (C=O) groups is 2.